The molecule has 1 N–H and O–H groups in total. The van der Waals surface area contributed by atoms with Crippen molar-refractivity contribution < 1.29 is 13.6 Å². The molecule has 3 rings (SSSR count). The van der Waals surface area contributed by atoms with Gasteiger partial charge in [-0.15, -0.1) is 11.8 Å². The van der Waals surface area contributed by atoms with Gasteiger partial charge in [-0.1, -0.05) is 24.3 Å². The highest BCUT2D eigenvalue weighted by molar-refractivity contribution is 7.99. The highest BCUT2D eigenvalue weighted by Gasteiger charge is 2.42. The number of nitrogens with one attached hydrogen (secondary N) is 1. The molecular formula is C19H19F2NOS. The molecule has 0 aliphatic heterocycles. The lowest BCUT2D eigenvalue weighted by Crippen LogP contribution is -2.26. The summed E-state index contributed by atoms with van der Waals surface area (Å²) in [5.41, 5.74) is 0.0995. The zero-order valence-corrected chi connectivity index (χ0v) is 14.0. The molecule has 24 heavy (non-hydrogen) atoms. The Balaban J connectivity index is 1.39. The van der Waals surface area contributed by atoms with E-state index < -0.39 is 11.6 Å². The van der Waals surface area contributed by atoms with Gasteiger partial charge < -0.3 is 5.32 Å². The van der Waals surface area contributed by atoms with E-state index in [0.717, 1.165) is 12.2 Å². The Morgan fingerprint density at radius 2 is 1.79 bits per heavy atom. The maximum atomic E-state index is 13.7. The average molecular weight is 347 g/mol. The Bertz CT molecular complexity index is 688. The quantitative estimate of drug-likeness (QED) is 0.590. The van der Waals surface area contributed by atoms with E-state index in [2.05, 4.69) is 5.32 Å². The number of hydrogen-bond donors (Lipinski definition) is 1. The predicted octanol–water partition coefficient (Wildman–Crippen LogP) is 4.51. The first-order chi connectivity index (χ1) is 11.6. The standard InChI is InChI=1S/C19H19F2NOS/c20-15-8-4-9-16(21)19(15)14-12-17(14)22-18(23)10-5-11-24-13-6-2-1-3-7-13/h1-4,6-9,14,17H,5,10-12H2,(H,22,23). The van der Waals surface area contributed by atoms with Crippen molar-refractivity contribution in [1.29, 1.82) is 0 Å². The minimum atomic E-state index is -0.531. The number of amides is 1. The molecule has 2 unspecified atom stereocenters. The lowest BCUT2D eigenvalue weighted by molar-refractivity contribution is -0.121. The van der Waals surface area contributed by atoms with Crippen LogP contribution in [0.25, 0.3) is 0 Å². The van der Waals surface area contributed by atoms with E-state index in [4.69, 9.17) is 0 Å². The van der Waals surface area contributed by atoms with Crippen LogP contribution in [0.3, 0.4) is 0 Å². The summed E-state index contributed by atoms with van der Waals surface area (Å²) in [5.74, 6) is -0.484. The van der Waals surface area contributed by atoms with E-state index >= 15 is 0 Å². The fraction of sp³-hybridized carbons (Fsp3) is 0.316. The monoisotopic (exact) mass is 347 g/mol. The van der Waals surface area contributed by atoms with Gasteiger partial charge in [0.25, 0.3) is 0 Å². The van der Waals surface area contributed by atoms with Crippen molar-refractivity contribution in [3.8, 4) is 0 Å². The first-order valence-electron chi connectivity index (χ1n) is 8.06. The molecule has 1 saturated carbocycles. The van der Waals surface area contributed by atoms with Crippen molar-refractivity contribution >= 4 is 17.7 Å². The van der Waals surface area contributed by atoms with Crippen molar-refractivity contribution in [1.82, 2.24) is 5.32 Å². The van der Waals surface area contributed by atoms with Crippen LogP contribution in [-0.2, 0) is 4.79 Å². The minimum Gasteiger partial charge on any atom is -0.353 e. The number of rotatable bonds is 7. The fourth-order valence-corrected chi connectivity index (χ4v) is 3.63. The van der Waals surface area contributed by atoms with Crippen molar-refractivity contribution in [2.24, 2.45) is 0 Å². The lowest BCUT2D eigenvalue weighted by Gasteiger charge is -2.07. The van der Waals surface area contributed by atoms with Crippen molar-refractivity contribution in [3.63, 3.8) is 0 Å². The second-order valence-corrected chi connectivity index (χ2v) is 7.08. The van der Waals surface area contributed by atoms with Crippen LogP contribution in [-0.4, -0.2) is 17.7 Å². The fourth-order valence-electron chi connectivity index (χ4n) is 2.76. The van der Waals surface area contributed by atoms with E-state index in [1.165, 1.54) is 23.1 Å². The van der Waals surface area contributed by atoms with Crippen LogP contribution >= 0.6 is 11.8 Å². The largest absolute Gasteiger partial charge is 0.353 e. The van der Waals surface area contributed by atoms with Gasteiger partial charge in [-0.3, -0.25) is 4.79 Å². The molecule has 5 heteroatoms. The van der Waals surface area contributed by atoms with Gasteiger partial charge in [0, 0.05) is 28.8 Å². The summed E-state index contributed by atoms with van der Waals surface area (Å²) in [6.45, 7) is 0. The molecule has 0 radical (unpaired) electrons. The third-order valence-corrected chi connectivity index (χ3v) is 5.17. The summed E-state index contributed by atoms with van der Waals surface area (Å²) in [6, 6.07) is 13.8. The summed E-state index contributed by atoms with van der Waals surface area (Å²) < 4.78 is 27.4. The number of carbonyl (C=O) groups excluding carboxylic acids is 1. The summed E-state index contributed by atoms with van der Waals surface area (Å²) in [7, 11) is 0. The van der Waals surface area contributed by atoms with Crippen molar-refractivity contribution in [2.75, 3.05) is 5.75 Å². The van der Waals surface area contributed by atoms with Crippen molar-refractivity contribution in [3.05, 3.63) is 65.7 Å². The molecule has 0 bridgehead atoms. The molecular weight excluding hydrogens is 328 g/mol. The van der Waals surface area contributed by atoms with Gasteiger partial charge in [0.15, 0.2) is 0 Å². The first-order valence-corrected chi connectivity index (χ1v) is 9.05. The molecule has 2 aromatic rings. The molecule has 1 aliphatic rings. The molecule has 0 saturated heterocycles. The lowest BCUT2D eigenvalue weighted by atomic mass is 10.1. The molecule has 1 amide bonds. The van der Waals surface area contributed by atoms with Crippen LogP contribution in [0.15, 0.2) is 53.4 Å². The first kappa shape index (κ1) is 17.0. The average Bonchev–Trinajstić information content (AvgIpc) is 3.31. The van der Waals surface area contributed by atoms with Crippen LogP contribution < -0.4 is 5.32 Å². The van der Waals surface area contributed by atoms with Crippen LogP contribution in [0.2, 0.25) is 0 Å². The maximum Gasteiger partial charge on any atom is 0.220 e. The highest BCUT2D eigenvalue weighted by Crippen LogP contribution is 2.43. The number of benzene rings is 2. The van der Waals surface area contributed by atoms with Gasteiger partial charge in [-0.05, 0) is 42.9 Å². The van der Waals surface area contributed by atoms with Crippen LogP contribution in [0.5, 0.6) is 0 Å². The van der Waals surface area contributed by atoms with Gasteiger partial charge in [0.2, 0.25) is 5.91 Å². The zero-order valence-electron chi connectivity index (χ0n) is 13.2. The van der Waals surface area contributed by atoms with Gasteiger partial charge in [0.05, 0.1) is 0 Å². The summed E-state index contributed by atoms with van der Waals surface area (Å²) in [6.07, 6.45) is 1.81. The number of thioether (sulfide) groups is 1. The zero-order chi connectivity index (χ0) is 16.9. The Kier molecular flexibility index (Phi) is 5.51. The Hall–Kier alpha value is -1.88. The summed E-state index contributed by atoms with van der Waals surface area (Å²) >= 11 is 1.72. The number of hydrogen-bond acceptors (Lipinski definition) is 2. The molecule has 2 atom stereocenters. The van der Waals surface area contributed by atoms with Crippen LogP contribution in [0.4, 0.5) is 8.78 Å². The topological polar surface area (TPSA) is 29.1 Å². The smallest absolute Gasteiger partial charge is 0.220 e. The van der Waals surface area contributed by atoms with Gasteiger partial charge in [-0.25, -0.2) is 8.78 Å². The predicted molar refractivity (Wildman–Crippen MR) is 92.0 cm³/mol. The molecule has 0 spiro atoms. The van der Waals surface area contributed by atoms with E-state index in [1.807, 2.05) is 30.3 Å². The minimum absolute atomic E-state index is 0.0482. The Morgan fingerprint density at radius 1 is 1.08 bits per heavy atom. The third kappa shape index (κ3) is 4.35. The molecule has 2 nitrogen and oxygen atoms in total. The SMILES string of the molecule is O=C(CCCSc1ccccc1)NC1CC1c1c(F)cccc1F. The van der Waals surface area contributed by atoms with E-state index in [9.17, 15) is 13.6 Å². The van der Waals surface area contributed by atoms with Gasteiger partial charge >= 0.3 is 0 Å². The summed E-state index contributed by atoms with van der Waals surface area (Å²) in [4.78, 5) is 13.1. The highest BCUT2D eigenvalue weighted by atomic mass is 32.2. The summed E-state index contributed by atoms with van der Waals surface area (Å²) in [5, 5.41) is 2.87. The maximum absolute atomic E-state index is 13.7. The van der Waals surface area contributed by atoms with Crippen molar-refractivity contribution in [2.45, 2.75) is 36.1 Å². The molecule has 0 heterocycles. The molecule has 1 aliphatic carbocycles. The molecule has 126 valence electrons. The molecule has 1 fully saturated rings. The second-order valence-electron chi connectivity index (χ2n) is 5.92. The van der Waals surface area contributed by atoms with E-state index in [0.29, 0.717) is 12.8 Å². The van der Waals surface area contributed by atoms with Gasteiger partial charge in [0.1, 0.15) is 11.6 Å². The Labute approximate surface area is 144 Å². The molecule has 0 aromatic heterocycles. The van der Waals surface area contributed by atoms with E-state index in [-0.39, 0.29) is 23.4 Å². The van der Waals surface area contributed by atoms with Gasteiger partial charge in [-0.2, -0.15) is 0 Å². The number of halogens is 2. The number of carbonyl (C=O) groups is 1. The van der Waals surface area contributed by atoms with Crippen LogP contribution in [0.1, 0.15) is 30.7 Å². The second kappa shape index (κ2) is 7.79. The molecule has 2 aromatic carbocycles. The third-order valence-electron chi connectivity index (χ3n) is 4.07. The van der Waals surface area contributed by atoms with Crippen LogP contribution in [0, 0.1) is 11.6 Å². The Morgan fingerprint density at radius 3 is 2.50 bits per heavy atom. The van der Waals surface area contributed by atoms with E-state index in [1.54, 1.807) is 11.8 Å². The normalized spacial score (nSPS) is 19.1.